The molecule has 0 aliphatic heterocycles. The van der Waals surface area contributed by atoms with Crippen LogP contribution < -0.4 is 5.73 Å². The van der Waals surface area contributed by atoms with Crippen molar-refractivity contribution in [3.8, 4) is 6.07 Å². The van der Waals surface area contributed by atoms with Crippen molar-refractivity contribution in [2.45, 2.75) is 32.4 Å². The Morgan fingerprint density at radius 1 is 1.50 bits per heavy atom. The summed E-state index contributed by atoms with van der Waals surface area (Å²) in [7, 11) is 1.74. The number of amides is 1. The van der Waals surface area contributed by atoms with Gasteiger partial charge in [-0.3, -0.25) is 4.79 Å². The average molecular weight is 245 g/mol. The fourth-order valence-corrected chi connectivity index (χ4v) is 1.63. The predicted octanol–water partition coefficient (Wildman–Crippen LogP) is 1.64. The van der Waals surface area contributed by atoms with Gasteiger partial charge in [-0.05, 0) is 31.5 Å². The van der Waals surface area contributed by atoms with Crippen LogP contribution in [0.25, 0.3) is 0 Å². The standard InChI is InChI=1S/C14H19N3O/c1-14(2,16)8-13(18)17(3)10-12-6-4-5-11(7-12)9-15/h4-7H,8,10,16H2,1-3H3. The summed E-state index contributed by atoms with van der Waals surface area (Å²) in [4.78, 5) is 13.5. The lowest BCUT2D eigenvalue weighted by Gasteiger charge is -2.23. The van der Waals surface area contributed by atoms with Crippen molar-refractivity contribution in [2.75, 3.05) is 7.05 Å². The van der Waals surface area contributed by atoms with Crippen molar-refractivity contribution in [2.24, 2.45) is 5.73 Å². The number of rotatable bonds is 4. The molecule has 0 heterocycles. The molecule has 0 aliphatic rings. The van der Waals surface area contributed by atoms with E-state index in [1.807, 2.05) is 26.0 Å². The third kappa shape index (κ3) is 4.56. The largest absolute Gasteiger partial charge is 0.341 e. The van der Waals surface area contributed by atoms with Gasteiger partial charge < -0.3 is 10.6 Å². The summed E-state index contributed by atoms with van der Waals surface area (Å²) >= 11 is 0. The van der Waals surface area contributed by atoms with Gasteiger partial charge in [0.15, 0.2) is 0 Å². The molecular weight excluding hydrogens is 226 g/mol. The topological polar surface area (TPSA) is 70.1 Å². The first-order valence-electron chi connectivity index (χ1n) is 5.84. The van der Waals surface area contributed by atoms with E-state index in [1.54, 1.807) is 24.1 Å². The molecule has 1 aromatic carbocycles. The molecule has 0 bridgehead atoms. The predicted molar refractivity (Wildman–Crippen MR) is 70.5 cm³/mol. The van der Waals surface area contributed by atoms with Gasteiger partial charge in [0.1, 0.15) is 0 Å². The molecule has 0 radical (unpaired) electrons. The van der Waals surface area contributed by atoms with E-state index in [4.69, 9.17) is 11.0 Å². The zero-order valence-electron chi connectivity index (χ0n) is 11.1. The monoisotopic (exact) mass is 245 g/mol. The highest BCUT2D eigenvalue weighted by Gasteiger charge is 2.19. The summed E-state index contributed by atoms with van der Waals surface area (Å²) in [6, 6.07) is 9.34. The van der Waals surface area contributed by atoms with Crippen LogP contribution in [0.5, 0.6) is 0 Å². The lowest BCUT2D eigenvalue weighted by Crippen LogP contribution is -2.39. The zero-order chi connectivity index (χ0) is 13.8. The minimum Gasteiger partial charge on any atom is -0.341 e. The molecule has 0 fully saturated rings. The lowest BCUT2D eigenvalue weighted by atomic mass is 10.0. The first-order chi connectivity index (χ1) is 8.31. The maximum absolute atomic E-state index is 11.9. The van der Waals surface area contributed by atoms with Crippen molar-refractivity contribution in [1.29, 1.82) is 5.26 Å². The number of hydrogen-bond acceptors (Lipinski definition) is 3. The number of nitriles is 1. The van der Waals surface area contributed by atoms with Crippen LogP contribution in [0.4, 0.5) is 0 Å². The third-order valence-electron chi connectivity index (χ3n) is 2.51. The first kappa shape index (κ1) is 14.2. The van der Waals surface area contributed by atoms with E-state index in [-0.39, 0.29) is 5.91 Å². The molecule has 4 nitrogen and oxygen atoms in total. The molecule has 2 N–H and O–H groups in total. The third-order valence-corrected chi connectivity index (χ3v) is 2.51. The molecule has 0 atom stereocenters. The van der Waals surface area contributed by atoms with Crippen LogP contribution in [-0.4, -0.2) is 23.4 Å². The highest BCUT2D eigenvalue weighted by Crippen LogP contribution is 2.10. The number of benzene rings is 1. The molecule has 0 spiro atoms. The molecule has 0 aliphatic carbocycles. The van der Waals surface area contributed by atoms with Gasteiger partial charge in [-0.15, -0.1) is 0 Å². The molecule has 0 unspecified atom stereocenters. The Bertz CT molecular complexity index is 469. The van der Waals surface area contributed by atoms with Crippen LogP contribution in [0.2, 0.25) is 0 Å². The molecule has 96 valence electrons. The van der Waals surface area contributed by atoms with Gasteiger partial charge in [-0.1, -0.05) is 12.1 Å². The van der Waals surface area contributed by atoms with Gasteiger partial charge in [0.2, 0.25) is 5.91 Å². The van der Waals surface area contributed by atoms with Crippen molar-refractivity contribution in [3.63, 3.8) is 0 Å². The maximum Gasteiger partial charge on any atom is 0.224 e. The number of hydrogen-bond donors (Lipinski definition) is 1. The van der Waals surface area contributed by atoms with Crippen LogP contribution in [0.1, 0.15) is 31.4 Å². The fraction of sp³-hybridized carbons (Fsp3) is 0.429. The summed E-state index contributed by atoms with van der Waals surface area (Å²) in [6.07, 6.45) is 0.307. The van der Waals surface area contributed by atoms with Gasteiger partial charge >= 0.3 is 0 Å². The Hall–Kier alpha value is -1.86. The second kappa shape index (κ2) is 5.65. The van der Waals surface area contributed by atoms with Crippen LogP contribution in [-0.2, 0) is 11.3 Å². The second-order valence-corrected chi connectivity index (χ2v) is 5.23. The molecule has 0 aromatic heterocycles. The van der Waals surface area contributed by atoms with E-state index in [9.17, 15) is 4.79 Å². The zero-order valence-corrected chi connectivity index (χ0v) is 11.1. The van der Waals surface area contributed by atoms with E-state index in [1.165, 1.54) is 0 Å². The summed E-state index contributed by atoms with van der Waals surface area (Å²) in [6.45, 7) is 4.15. The maximum atomic E-state index is 11.9. The van der Waals surface area contributed by atoms with E-state index >= 15 is 0 Å². The van der Waals surface area contributed by atoms with Gasteiger partial charge in [0, 0.05) is 25.6 Å². The minimum absolute atomic E-state index is 0.00450. The Kier molecular flexibility index (Phi) is 4.46. The summed E-state index contributed by atoms with van der Waals surface area (Å²) < 4.78 is 0. The van der Waals surface area contributed by atoms with Crippen LogP contribution in [0.15, 0.2) is 24.3 Å². The molecule has 18 heavy (non-hydrogen) atoms. The molecule has 4 heteroatoms. The van der Waals surface area contributed by atoms with E-state index in [0.29, 0.717) is 18.5 Å². The van der Waals surface area contributed by atoms with E-state index < -0.39 is 5.54 Å². The van der Waals surface area contributed by atoms with Gasteiger partial charge in [0.05, 0.1) is 11.6 Å². The normalized spacial score (nSPS) is 10.8. The molecule has 0 saturated heterocycles. The SMILES string of the molecule is CN(Cc1cccc(C#N)c1)C(=O)CC(C)(C)N. The quantitative estimate of drug-likeness (QED) is 0.876. The van der Waals surface area contributed by atoms with Gasteiger partial charge in [-0.2, -0.15) is 5.26 Å². The Labute approximate surface area is 108 Å². The van der Waals surface area contributed by atoms with Crippen LogP contribution in [0, 0.1) is 11.3 Å². The Morgan fingerprint density at radius 2 is 2.17 bits per heavy atom. The number of carbonyl (C=O) groups excluding carboxylic acids is 1. The highest BCUT2D eigenvalue weighted by molar-refractivity contribution is 5.77. The molecular formula is C14H19N3O. The van der Waals surface area contributed by atoms with Gasteiger partial charge in [-0.25, -0.2) is 0 Å². The van der Waals surface area contributed by atoms with Gasteiger partial charge in [0.25, 0.3) is 0 Å². The van der Waals surface area contributed by atoms with Crippen molar-refractivity contribution >= 4 is 5.91 Å². The Morgan fingerprint density at radius 3 is 2.72 bits per heavy atom. The number of nitrogens with two attached hydrogens (primary N) is 1. The smallest absolute Gasteiger partial charge is 0.224 e. The van der Waals surface area contributed by atoms with E-state index in [0.717, 1.165) is 5.56 Å². The molecule has 0 saturated carbocycles. The van der Waals surface area contributed by atoms with Crippen LogP contribution in [0.3, 0.4) is 0 Å². The number of nitrogens with zero attached hydrogens (tertiary/aromatic N) is 2. The van der Waals surface area contributed by atoms with Crippen LogP contribution >= 0.6 is 0 Å². The second-order valence-electron chi connectivity index (χ2n) is 5.23. The summed E-state index contributed by atoms with van der Waals surface area (Å²) in [5.74, 6) is 0.00450. The first-order valence-corrected chi connectivity index (χ1v) is 5.84. The number of carbonyl (C=O) groups is 1. The van der Waals surface area contributed by atoms with Crippen molar-refractivity contribution in [3.05, 3.63) is 35.4 Å². The van der Waals surface area contributed by atoms with E-state index in [2.05, 4.69) is 6.07 Å². The summed E-state index contributed by atoms with van der Waals surface area (Å²) in [5.41, 5.74) is 6.87. The average Bonchev–Trinajstić information content (AvgIpc) is 2.27. The molecule has 1 amide bonds. The van der Waals surface area contributed by atoms with Crippen molar-refractivity contribution in [1.82, 2.24) is 4.90 Å². The Balaban J connectivity index is 2.67. The highest BCUT2D eigenvalue weighted by atomic mass is 16.2. The molecule has 1 rings (SSSR count). The summed E-state index contributed by atoms with van der Waals surface area (Å²) in [5, 5.41) is 8.81. The van der Waals surface area contributed by atoms with Crippen molar-refractivity contribution < 1.29 is 4.79 Å². The lowest BCUT2D eigenvalue weighted by molar-refractivity contribution is -0.131. The molecule has 1 aromatic rings. The fourth-order valence-electron chi connectivity index (χ4n) is 1.63. The minimum atomic E-state index is -0.500.